The number of hydrogen-bond donors (Lipinski definition) is 2. The Morgan fingerprint density at radius 1 is 1.22 bits per heavy atom. The Balaban J connectivity index is 2.26. The maximum Gasteiger partial charge on any atom is 0.335 e. The molecule has 0 aliphatic heterocycles. The summed E-state index contributed by atoms with van der Waals surface area (Å²) < 4.78 is 4.78. The molecule has 0 aliphatic rings. The van der Waals surface area contributed by atoms with Crippen LogP contribution in [0.1, 0.15) is 20.7 Å². The summed E-state index contributed by atoms with van der Waals surface area (Å²) in [5, 5.41) is 11.6. The average molecular weight is 266 g/mol. The molecule has 0 saturated carbocycles. The minimum atomic E-state index is -1.09. The van der Waals surface area contributed by atoms with Crippen LogP contribution in [0.5, 0.6) is 0 Å². The van der Waals surface area contributed by atoms with Crippen LogP contribution in [0, 0.1) is 0 Å². The number of anilines is 1. The van der Waals surface area contributed by atoms with E-state index in [-0.39, 0.29) is 16.3 Å². The molecular weight excluding hydrogens is 258 g/mol. The zero-order chi connectivity index (χ0) is 13.1. The smallest absolute Gasteiger partial charge is 0.335 e. The second kappa shape index (κ2) is 4.93. The topological polar surface area (TPSA) is 79.5 Å². The number of carbonyl (C=O) groups excluding carboxylic acids is 1. The summed E-state index contributed by atoms with van der Waals surface area (Å²) in [6, 6.07) is 5.56. The minimum Gasteiger partial charge on any atom is -0.478 e. The molecule has 0 aliphatic carbocycles. The van der Waals surface area contributed by atoms with Gasteiger partial charge < -0.3 is 14.8 Å². The van der Waals surface area contributed by atoms with E-state index in [1.54, 1.807) is 0 Å². The van der Waals surface area contributed by atoms with Gasteiger partial charge in [-0.25, -0.2) is 4.79 Å². The second-order valence-electron chi connectivity index (χ2n) is 3.47. The fourth-order valence-corrected chi connectivity index (χ4v) is 1.51. The molecule has 1 heterocycles. The number of halogens is 1. The first-order chi connectivity index (χ1) is 8.58. The number of carbonyl (C=O) groups is 2. The highest BCUT2D eigenvalue weighted by Gasteiger charge is 2.12. The Morgan fingerprint density at radius 2 is 2.00 bits per heavy atom. The Morgan fingerprint density at radius 3 is 2.61 bits per heavy atom. The quantitative estimate of drug-likeness (QED) is 0.894. The molecule has 1 amide bonds. The highest BCUT2D eigenvalue weighted by atomic mass is 35.5. The van der Waals surface area contributed by atoms with Crippen molar-refractivity contribution in [3.63, 3.8) is 0 Å². The Bertz CT molecular complexity index is 592. The summed E-state index contributed by atoms with van der Waals surface area (Å²) in [6.07, 6.45) is 2.65. The van der Waals surface area contributed by atoms with Crippen LogP contribution in [0.3, 0.4) is 0 Å². The standard InChI is InChI=1S/C12H8ClNO4/c13-9-2-1-7(12(16)17)5-10(9)14-11(15)8-3-4-18-6-8/h1-6H,(H,14,15)(H,16,17). The molecule has 0 unspecified atom stereocenters. The number of carboxylic acids is 1. The number of hydrogen-bond acceptors (Lipinski definition) is 3. The van der Waals surface area contributed by atoms with Crippen LogP contribution < -0.4 is 5.32 Å². The van der Waals surface area contributed by atoms with Gasteiger partial charge in [0.2, 0.25) is 0 Å². The molecule has 0 spiro atoms. The Labute approximate surface area is 107 Å². The van der Waals surface area contributed by atoms with Gasteiger partial charge in [-0.2, -0.15) is 0 Å². The van der Waals surface area contributed by atoms with Crippen LogP contribution in [0.25, 0.3) is 0 Å². The van der Waals surface area contributed by atoms with Crippen LogP contribution >= 0.6 is 11.6 Å². The zero-order valence-corrected chi connectivity index (χ0v) is 9.77. The lowest BCUT2D eigenvalue weighted by atomic mass is 10.2. The summed E-state index contributed by atoms with van der Waals surface area (Å²) in [7, 11) is 0. The third-order valence-electron chi connectivity index (χ3n) is 2.24. The molecule has 0 bridgehead atoms. The van der Waals surface area contributed by atoms with Crippen LogP contribution in [0.4, 0.5) is 5.69 Å². The molecule has 2 rings (SSSR count). The molecule has 18 heavy (non-hydrogen) atoms. The van der Waals surface area contributed by atoms with E-state index in [0.29, 0.717) is 5.56 Å². The maximum absolute atomic E-state index is 11.7. The highest BCUT2D eigenvalue weighted by Crippen LogP contribution is 2.23. The molecule has 0 saturated heterocycles. The van der Waals surface area contributed by atoms with Gasteiger partial charge in [-0.15, -0.1) is 0 Å². The van der Waals surface area contributed by atoms with Gasteiger partial charge in [0.25, 0.3) is 5.91 Å². The monoisotopic (exact) mass is 265 g/mol. The lowest BCUT2D eigenvalue weighted by molar-refractivity contribution is 0.0696. The molecule has 0 fully saturated rings. The number of amides is 1. The van der Waals surface area contributed by atoms with E-state index in [2.05, 4.69) is 5.32 Å². The van der Waals surface area contributed by atoms with E-state index < -0.39 is 11.9 Å². The van der Waals surface area contributed by atoms with Crippen molar-refractivity contribution in [2.45, 2.75) is 0 Å². The SMILES string of the molecule is O=C(O)c1ccc(Cl)c(NC(=O)c2ccoc2)c1. The van der Waals surface area contributed by atoms with E-state index in [4.69, 9.17) is 21.1 Å². The fourth-order valence-electron chi connectivity index (χ4n) is 1.34. The Hall–Kier alpha value is -2.27. The van der Waals surface area contributed by atoms with Crippen molar-refractivity contribution in [1.82, 2.24) is 0 Å². The van der Waals surface area contributed by atoms with Gasteiger partial charge in [0, 0.05) is 0 Å². The number of aromatic carboxylic acids is 1. The first-order valence-corrected chi connectivity index (χ1v) is 5.32. The van der Waals surface area contributed by atoms with E-state index in [1.165, 1.54) is 36.8 Å². The highest BCUT2D eigenvalue weighted by molar-refractivity contribution is 6.34. The molecule has 1 aromatic carbocycles. The minimum absolute atomic E-state index is 0.0434. The number of benzene rings is 1. The van der Waals surface area contributed by atoms with Gasteiger partial charge in [-0.05, 0) is 24.3 Å². The van der Waals surface area contributed by atoms with Crippen LogP contribution in [-0.2, 0) is 0 Å². The fraction of sp³-hybridized carbons (Fsp3) is 0. The zero-order valence-electron chi connectivity index (χ0n) is 9.01. The summed E-state index contributed by atoms with van der Waals surface area (Å²) in [5.74, 6) is -1.52. The van der Waals surface area contributed by atoms with Gasteiger partial charge in [0.1, 0.15) is 6.26 Å². The van der Waals surface area contributed by atoms with Gasteiger partial charge in [-0.1, -0.05) is 11.6 Å². The lowest BCUT2D eigenvalue weighted by Gasteiger charge is -2.06. The summed E-state index contributed by atoms with van der Waals surface area (Å²) in [4.78, 5) is 22.5. The van der Waals surface area contributed by atoms with Crippen molar-refractivity contribution >= 4 is 29.2 Å². The van der Waals surface area contributed by atoms with E-state index in [0.717, 1.165) is 0 Å². The van der Waals surface area contributed by atoms with Crippen molar-refractivity contribution in [3.05, 3.63) is 52.9 Å². The van der Waals surface area contributed by atoms with Crippen molar-refractivity contribution < 1.29 is 19.1 Å². The predicted octanol–water partition coefficient (Wildman–Crippen LogP) is 2.88. The summed E-state index contributed by atoms with van der Waals surface area (Å²) in [6.45, 7) is 0. The molecule has 92 valence electrons. The Kier molecular flexibility index (Phi) is 3.34. The maximum atomic E-state index is 11.7. The van der Waals surface area contributed by atoms with Crippen LogP contribution in [0.2, 0.25) is 5.02 Å². The molecule has 5 nitrogen and oxygen atoms in total. The number of furan rings is 1. The molecule has 0 atom stereocenters. The molecule has 1 aromatic heterocycles. The molecular formula is C12H8ClNO4. The van der Waals surface area contributed by atoms with Crippen molar-refractivity contribution in [2.75, 3.05) is 5.32 Å². The normalized spacial score (nSPS) is 10.1. The number of nitrogens with one attached hydrogen (secondary N) is 1. The van der Waals surface area contributed by atoms with E-state index in [1.807, 2.05) is 0 Å². The largest absolute Gasteiger partial charge is 0.478 e. The second-order valence-corrected chi connectivity index (χ2v) is 3.87. The van der Waals surface area contributed by atoms with Gasteiger partial charge >= 0.3 is 5.97 Å². The van der Waals surface area contributed by atoms with E-state index in [9.17, 15) is 9.59 Å². The van der Waals surface area contributed by atoms with Crippen LogP contribution in [0.15, 0.2) is 41.2 Å². The van der Waals surface area contributed by atoms with Crippen molar-refractivity contribution in [3.8, 4) is 0 Å². The van der Waals surface area contributed by atoms with Gasteiger partial charge in [-0.3, -0.25) is 4.79 Å². The van der Waals surface area contributed by atoms with Gasteiger partial charge in [0.05, 0.1) is 28.1 Å². The molecule has 0 radical (unpaired) electrons. The predicted molar refractivity (Wildman–Crippen MR) is 65.1 cm³/mol. The summed E-state index contributed by atoms with van der Waals surface area (Å²) >= 11 is 5.88. The first kappa shape index (κ1) is 12.2. The van der Waals surface area contributed by atoms with Crippen LogP contribution in [-0.4, -0.2) is 17.0 Å². The van der Waals surface area contributed by atoms with E-state index >= 15 is 0 Å². The third-order valence-corrected chi connectivity index (χ3v) is 2.57. The van der Waals surface area contributed by atoms with Crippen molar-refractivity contribution in [1.29, 1.82) is 0 Å². The summed E-state index contributed by atoms with van der Waals surface area (Å²) in [5.41, 5.74) is 0.608. The first-order valence-electron chi connectivity index (χ1n) is 4.94. The van der Waals surface area contributed by atoms with Gasteiger partial charge in [0.15, 0.2) is 0 Å². The average Bonchev–Trinajstić information content (AvgIpc) is 2.85. The molecule has 2 aromatic rings. The third kappa shape index (κ3) is 2.52. The van der Waals surface area contributed by atoms with Crippen molar-refractivity contribution in [2.24, 2.45) is 0 Å². The number of rotatable bonds is 3. The lowest BCUT2D eigenvalue weighted by Crippen LogP contribution is -2.12. The number of carboxylic acid groups (broad SMARTS) is 1. The molecule has 6 heteroatoms. The molecule has 2 N–H and O–H groups in total.